The number of nitrogens with zero attached hydrogens (tertiary/aromatic N) is 2. The lowest BCUT2D eigenvalue weighted by Gasteiger charge is -2.11. The van der Waals surface area contributed by atoms with Crippen molar-refractivity contribution >= 4 is 21.5 Å². The quantitative estimate of drug-likeness (QED) is 0.605. The summed E-state index contributed by atoms with van der Waals surface area (Å²) in [6.45, 7) is 2.78. The topological polar surface area (TPSA) is 93.2 Å². The first-order chi connectivity index (χ1) is 13.4. The van der Waals surface area contributed by atoms with Crippen molar-refractivity contribution in [3.05, 3.63) is 66.5 Å². The molecule has 0 aliphatic heterocycles. The van der Waals surface area contributed by atoms with E-state index in [9.17, 15) is 8.42 Å². The minimum Gasteiger partial charge on any atom is -0.493 e. The van der Waals surface area contributed by atoms with Gasteiger partial charge in [0.25, 0.3) is 0 Å². The molecule has 0 aliphatic carbocycles. The zero-order chi connectivity index (χ0) is 20.0. The van der Waals surface area contributed by atoms with Crippen LogP contribution in [0, 0.1) is 0 Å². The average molecular weight is 398 g/mol. The van der Waals surface area contributed by atoms with Crippen LogP contribution in [0.1, 0.15) is 12.5 Å². The van der Waals surface area contributed by atoms with Crippen molar-refractivity contribution < 1.29 is 13.2 Å². The van der Waals surface area contributed by atoms with Crippen molar-refractivity contribution in [2.75, 3.05) is 18.2 Å². The molecule has 0 saturated heterocycles. The van der Waals surface area contributed by atoms with Gasteiger partial charge in [-0.05, 0) is 36.8 Å². The second-order valence-electron chi connectivity index (χ2n) is 6.13. The Balaban J connectivity index is 1.75. The third-order valence-corrected chi connectivity index (χ3v) is 4.56. The molecule has 0 radical (unpaired) electrons. The predicted octanol–water partition coefficient (Wildman–Crippen LogP) is 3.34. The van der Waals surface area contributed by atoms with Gasteiger partial charge in [-0.3, -0.25) is 0 Å². The van der Waals surface area contributed by atoms with Crippen LogP contribution in [0.4, 0.5) is 11.5 Å². The summed E-state index contributed by atoms with van der Waals surface area (Å²) >= 11 is 0. The van der Waals surface area contributed by atoms with Crippen molar-refractivity contribution in [2.45, 2.75) is 13.5 Å². The van der Waals surface area contributed by atoms with E-state index < -0.39 is 10.0 Å². The largest absolute Gasteiger partial charge is 0.493 e. The van der Waals surface area contributed by atoms with E-state index in [1.54, 1.807) is 0 Å². The minimum atomic E-state index is -3.21. The molecule has 0 aliphatic rings. The van der Waals surface area contributed by atoms with Gasteiger partial charge in [0.05, 0.1) is 18.6 Å². The van der Waals surface area contributed by atoms with E-state index in [2.05, 4.69) is 20.0 Å². The van der Waals surface area contributed by atoms with E-state index in [1.165, 1.54) is 6.33 Å². The molecule has 3 rings (SSSR count). The van der Waals surface area contributed by atoms with Crippen molar-refractivity contribution in [1.29, 1.82) is 0 Å². The fourth-order valence-electron chi connectivity index (χ4n) is 2.60. The molecule has 146 valence electrons. The molecule has 0 amide bonds. The molecule has 0 saturated carbocycles. The van der Waals surface area contributed by atoms with Crippen LogP contribution in [0.5, 0.6) is 5.75 Å². The fraction of sp³-hybridized carbons (Fsp3) is 0.200. The Morgan fingerprint density at radius 2 is 1.79 bits per heavy atom. The van der Waals surface area contributed by atoms with Gasteiger partial charge in [-0.25, -0.2) is 23.1 Å². The van der Waals surface area contributed by atoms with Crippen molar-refractivity contribution in [3.8, 4) is 17.0 Å². The Labute approximate surface area is 164 Å². The van der Waals surface area contributed by atoms with Gasteiger partial charge in [-0.1, -0.05) is 24.3 Å². The van der Waals surface area contributed by atoms with Crippen LogP contribution in [0.15, 0.2) is 60.9 Å². The lowest BCUT2D eigenvalue weighted by Crippen LogP contribution is -2.21. The molecule has 1 heterocycles. The first-order valence-electron chi connectivity index (χ1n) is 8.79. The normalized spacial score (nSPS) is 11.2. The number of nitrogens with one attached hydrogen (secondary N) is 2. The Kier molecular flexibility index (Phi) is 6.23. The first kappa shape index (κ1) is 19.8. The van der Waals surface area contributed by atoms with Crippen LogP contribution in [0.2, 0.25) is 0 Å². The standard InChI is InChI=1S/C20H22N4O3S/c1-3-27-19-7-5-4-6-17(19)18-12-20(22-14-21-18)24-16-10-8-15(9-11-16)13-23-28(2,25)26/h4-12,14,23H,3,13H2,1-2H3,(H,21,22,24). The van der Waals surface area contributed by atoms with Gasteiger partial charge in [-0.2, -0.15) is 0 Å². The fourth-order valence-corrected chi connectivity index (χ4v) is 3.03. The van der Waals surface area contributed by atoms with Crippen LogP contribution in [0.3, 0.4) is 0 Å². The Bertz CT molecular complexity index is 1040. The maximum Gasteiger partial charge on any atom is 0.209 e. The third kappa shape index (κ3) is 5.51. The lowest BCUT2D eigenvalue weighted by atomic mass is 10.1. The molecule has 28 heavy (non-hydrogen) atoms. The van der Waals surface area contributed by atoms with Gasteiger partial charge in [0, 0.05) is 23.9 Å². The maximum absolute atomic E-state index is 11.2. The highest BCUT2D eigenvalue weighted by Gasteiger charge is 2.08. The molecule has 3 aromatic rings. The van der Waals surface area contributed by atoms with Crippen LogP contribution in [-0.4, -0.2) is 31.2 Å². The average Bonchev–Trinajstić information content (AvgIpc) is 2.68. The molecule has 2 N–H and O–H groups in total. The smallest absolute Gasteiger partial charge is 0.209 e. The van der Waals surface area contributed by atoms with Gasteiger partial charge in [0.2, 0.25) is 10.0 Å². The SMILES string of the molecule is CCOc1ccccc1-c1cc(Nc2ccc(CNS(C)(=O)=O)cc2)ncn1. The molecule has 8 heteroatoms. The van der Waals surface area contributed by atoms with E-state index in [0.717, 1.165) is 34.5 Å². The van der Waals surface area contributed by atoms with E-state index in [0.29, 0.717) is 12.4 Å². The van der Waals surface area contributed by atoms with Crippen LogP contribution in [0.25, 0.3) is 11.3 Å². The van der Waals surface area contributed by atoms with Crippen molar-refractivity contribution in [3.63, 3.8) is 0 Å². The maximum atomic E-state index is 11.2. The Hall–Kier alpha value is -2.97. The van der Waals surface area contributed by atoms with Crippen molar-refractivity contribution in [1.82, 2.24) is 14.7 Å². The summed E-state index contributed by atoms with van der Waals surface area (Å²) in [6.07, 6.45) is 2.64. The van der Waals surface area contributed by atoms with E-state index >= 15 is 0 Å². The Morgan fingerprint density at radius 1 is 1.04 bits per heavy atom. The Morgan fingerprint density at radius 3 is 2.50 bits per heavy atom. The number of ether oxygens (including phenoxy) is 1. The van der Waals surface area contributed by atoms with Gasteiger partial charge in [0.1, 0.15) is 17.9 Å². The molecule has 0 bridgehead atoms. The molecule has 0 atom stereocenters. The number of hydrogen-bond acceptors (Lipinski definition) is 6. The number of aromatic nitrogens is 2. The summed E-state index contributed by atoms with van der Waals surface area (Å²) in [6, 6.07) is 17.0. The molecular formula is C20H22N4O3S. The van der Waals surface area contributed by atoms with Crippen LogP contribution in [-0.2, 0) is 16.6 Å². The zero-order valence-corrected chi connectivity index (χ0v) is 16.5. The summed E-state index contributed by atoms with van der Waals surface area (Å²) < 4.78 is 30.5. The van der Waals surface area contributed by atoms with Crippen LogP contribution < -0.4 is 14.8 Å². The molecule has 7 nitrogen and oxygen atoms in total. The zero-order valence-electron chi connectivity index (χ0n) is 15.7. The highest BCUT2D eigenvalue weighted by Crippen LogP contribution is 2.29. The summed E-state index contributed by atoms with van der Waals surface area (Å²) in [4.78, 5) is 8.63. The summed E-state index contributed by atoms with van der Waals surface area (Å²) in [5.74, 6) is 1.43. The molecule has 0 spiro atoms. The highest BCUT2D eigenvalue weighted by molar-refractivity contribution is 7.88. The third-order valence-electron chi connectivity index (χ3n) is 3.89. The summed E-state index contributed by atoms with van der Waals surface area (Å²) in [5.41, 5.74) is 3.36. The highest BCUT2D eigenvalue weighted by atomic mass is 32.2. The molecule has 0 fully saturated rings. The monoisotopic (exact) mass is 398 g/mol. The van der Waals surface area contributed by atoms with Gasteiger partial charge in [-0.15, -0.1) is 0 Å². The summed E-state index contributed by atoms with van der Waals surface area (Å²) in [7, 11) is -3.21. The number of sulfonamides is 1. The molecular weight excluding hydrogens is 376 g/mol. The molecule has 2 aromatic carbocycles. The molecule has 0 unspecified atom stereocenters. The van der Waals surface area contributed by atoms with Crippen molar-refractivity contribution in [2.24, 2.45) is 0 Å². The number of anilines is 2. The van der Waals surface area contributed by atoms with Gasteiger partial charge in [0.15, 0.2) is 0 Å². The van der Waals surface area contributed by atoms with Gasteiger partial charge >= 0.3 is 0 Å². The van der Waals surface area contributed by atoms with Gasteiger partial charge < -0.3 is 10.1 Å². The number of rotatable bonds is 8. The molecule has 1 aromatic heterocycles. The number of para-hydroxylation sites is 1. The second-order valence-corrected chi connectivity index (χ2v) is 7.97. The minimum absolute atomic E-state index is 0.255. The summed E-state index contributed by atoms with van der Waals surface area (Å²) in [5, 5.41) is 3.23. The number of hydrogen-bond donors (Lipinski definition) is 2. The predicted molar refractivity (Wildman–Crippen MR) is 110 cm³/mol. The van der Waals surface area contributed by atoms with Crippen LogP contribution >= 0.6 is 0 Å². The first-order valence-corrected chi connectivity index (χ1v) is 10.7. The van der Waals surface area contributed by atoms with E-state index in [4.69, 9.17) is 4.74 Å². The van der Waals surface area contributed by atoms with E-state index in [-0.39, 0.29) is 6.54 Å². The van der Waals surface area contributed by atoms with E-state index in [1.807, 2.05) is 61.5 Å². The lowest BCUT2D eigenvalue weighted by molar-refractivity contribution is 0.341. The number of benzene rings is 2. The second kappa shape index (κ2) is 8.81.